The maximum Gasteiger partial charge on any atom is 0.272 e. The van der Waals surface area contributed by atoms with Gasteiger partial charge in [-0.2, -0.15) is 0 Å². The zero-order valence-corrected chi connectivity index (χ0v) is 11.6. The maximum absolute atomic E-state index is 11.5. The molecule has 0 radical (unpaired) electrons. The smallest absolute Gasteiger partial charge is 0.272 e. The zero-order chi connectivity index (χ0) is 15.8. The first-order valence-electron chi connectivity index (χ1n) is 6.34. The minimum Gasteiger partial charge on any atom is -0.372 e. The number of hydrogen-bond acceptors (Lipinski definition) is 5. The lowest BCUT2D eigenvalue weighted by molar-refractivity contribution is -0.385. The van der Waals surface area contributed by atoms with Gasteiger partial charge < -0.3 is 15.8 Å². The molecule has 0 unspecified atom stereocenters. The van der Waals surface area contributed by atoms with E-state index in [0.717, 1.165) is 0 Å². The number of carbonyl (C=O) groups excluding carboxylic acids is 2. The number of hydrogen-bond donors (Lipinski definition) is 2. The first-order valence-corrected chi connectivity index (χ1v) is 6.34. The van der Waals surface area contributed by atoms with E-state index in [1.54, 1.807) is 13.0 Å². The van der Waals surface area contributed by atoms with E-state index in [9.17, 15) is 19.7 Å². The summed E-state index contributed by atoms with van der Waals surface area (Å²) in [5.74, 6) is -1.27. The molecule has 0 bridgehead atoms. The zero-order valence-electron chi connectivity index (χ0n) is 11.6. The minimum atomic E-state index is -1.03. The lowest BCUT2D eigenvalue weighted by Gasteiger charge is -2.15. The molecular formula is C13H17N3O5. The van der Waals surface area contributed by atoms with Gasteiger partial charge in [0, 0.05) is 24.7 Å². The van der Waals surface area contributed by atoms with Gasteiger partial charge in [0.25, 0.3) is 5.69 Å². The van der Waals surface area contributed by atoms with Gasteiger partial charge >= 0.3 is 0 Å². The summed E-state index contributed by atoms with van der Waals surface area (Å²) in [5, 5.41) is 13.3. The summed E-state index contributed by atoms with van der Waals surface area (Å²) in [6.07, 6.45) is -0.0512. The predicted molar refractivity (Wildman–Crippen MR) is 74.4 cm³/mol. The second-order valence-corrected chi connectivity index (χ2v) is 4.25. The van der Waals surface area contributed by atoms with Crippen LogP contribution in [0.3, 0.4) is 0 Å². The van der Waals surface area contributed by atoms with Gasteiger partial charge in [-0.05, 0) is 6.92 Å². The van der Waals surface area contributed by atoms with E-state index in [-0.39, 0.29) is 18.7 Å². The molecule has 1 aromatic rings. The Labute approximate surface area is 121 Å². The fraction of sp³-hybridized carbons (Fsp3) is 0.385. The van der Waals surface area contributed by atoms with E-state index >= 15 is 0 Å². The number of nitrogens with zero attached hydrogens (tertiary/aromatic N) is 1. The fourth-order valence-electron chi connectivity index (χ4n) is 1.73. The highest BCUT2D eigenvalue weighted by Gasteiger charge is 2.22. The number of benzene rings is 1. The molecule has 0 saturated carbocycles. The molecule has 0 aromatic heterocycles. The largest absolute Gasteiger partial charge is 0.372 e. The maximum atomic E-state index is 11.5. The lowest BCUT2D eigenvalue weighted by Crippen LogP contribution is -2.47. The quantitative estimate of drug-likeness (QED) is 0.521. The van der Waals surface area contributed by atoms with Crippen molar-refractivity contribution in [3.63, 3.8) is 0 Å². The topological polar surface area (TPSA) is 125 Å². The number of carbonyl (C=O) groups is 2. The van der Waals surface area contributed by atoms with E-state index in [4.69, 9.17) is 10.5 Å². The Morgan fingerprint density at radius 2 is 2.10 bits per heavy atom. The van der Waals surface area contributed by atoms with Crippen LogP contribution >= 0.6 is 0 Å². The normalized spacial score (nSPS) is 11.7. The van der Waals surface area contributed by atoms with E-state index in [1.807, 2.05) is 0 Å². The second kappa shape index (κ2) is 7.95. The molecule has 0 heterocycles. The number of ether oxygens (including phenoxy) is 1. The van der Waals surface area contributed by atoms with Crippen molar-refractivity contribution < 1.29 is 19.2 Å². The molecule has 0 spiro atoms. The summed E-state index contributed by atoms with van der Waals surface area (Å²) in [7, 11) is 0. The van der Waals surface area contributed by atoms with Crippen molar-refractivity contribution in [3.05, 3.63) is 39.9 Å². The Hall–Kier alpha value is -2.48. The van der Waals surface area contributed by atoms with Gasteiger partial charge in [-0.15, -0.1) is 0 Å². The summed E-state index contributed by atoms with van der Waals surface area (Å²) in [5.41, 5.74) is 5.42. The van der Waals surface area contributed by atoms with Crippen LogP contribution in [0.1, 0.15) is 12.5 Å². The van der Waals surface area contributed by atoms with Gasteiger partial charge in [0.05, 0.1) is 4.92 Å². The Bertz CT molecular complexity index is 532. The first-order chi connectivity index (χ1) is 9.95. The first kappa shape index (κ1) is 16.6. The molecule has 0 aliphatic heterocycles. The molecule has 1 rings (SSSR count). The van der Waals surface area contributed by atoms with Gasteiger partial charge in [0.2, 0.25) is 11.8 Å². The van der Waals surface area contributed by atoms with Crippen molar-refractivity contribution in [1.82, 2.24) is 5.32 Å². The van der Waals surface area contributed by atoms with Gasteiger partial charge in [0.15, 0.2) is 0 Å². The molecule has 0 saturated heterocycles. The fourth-order valence-corrected chi connectivity index (χ4v) is 1.73. The van der Waals surface area contributed by atoms with Crippen LogP contribution in [0.4, 0.5) is 5.69 Å². The van der Waals surface area contributed by atoms with Crippen molar-refractivity contribution in [3.8, 4) is 0 Å². The molecule has 0 aliphatic carbocycles. The van der Waals surface area contributed by atoms with Crippen LogP contribution in [0.2, 0.25) is 0 Å². The van der Waals surface area contributed by atoms with Gasteiger partial charge in [-0.25, -0.2) is 0 Å². The Balaban J connectivity index is 2.82. The number of primary amides is 1. The average molecular weight is 295 g/mol. The van der Waals surface area contributed by atoms with E-state index in [2.05, 4.69) is 5.32 Å². The van der Waals surface area contributed by atoms with E-state index in [0.29, 0.717) is 12.2 Å². The Morgan fingerprint density at radius 3 is 2.67 bits per heavy atom. The van der Waals surface area contributed by atoms with Crippen molar-refractivity contribution in [2.24, 2.45) is 5.73 Å². The Morgan fingerprint density at radius 1 is 1.43 bits per heavy atom. The highest BCUT2D eigenvalue weighted by Crippen LogP contribution is 2.19. The molecule has 114 valence electrons. The third kappa shape index (κ3) is 5.19. The van der Waals surface area contributed by atoms with E-state index < -0.39 is 22.8 Å². The molecule has 21 heavy (non-hydrogen) atoms. The summed E-state index contributed by atoms with van der Waals surface area (Å²) >= 11 is 0. The monoisotopic (exact) mass is 295 g/mol. The number of nitrogens with one attached hydrogen (secondary N) is 1. The molecule has 1 atom stereocenters. The predicted octanol–water partition coefficient (Wildman–Crippen LogP) is 0.144. The van der Waals surface area contributed by atoms with Gasteiger partial charge in [-0.3, -0.25) is 19.7 Å². The molecule has 1 aromatic carbocycles. The third-order valence-electron chi connectivity index (χ3n) is 2.73. The van der Waals surface area contributed by atoms with Crippen LogP contribution in [0.25, 0.3) is 0 Å². The Kier molecular flexibility index (Phi) is 6.28. The molecular weight excluding hydrogens is 278 g/mol. The lowest BCUT2D eigenvalue weighted by atomic mass is 10.0. The van der Waals surface area contributed by atoms with Crippen LogP contribution in [0.15, 0.2) is 24.3 Å². The number of nitro groups is 1. The summed E-state index contributed by atoms with van der Waals surface area (Å²) < 4.78 is 4.92. The summed E-state index contributed by atoms with van der Waals surface area (Å²) in [4.78, 5) is 33.3. The van der Waals surface area contributed by atoms with Crippen LogP contribution < -0.4 is 11.1 Å². The molecule has 8 nitrogen and oxygen atoms in total. The van der Waals surface area contributed by atoms with Gasteiger partial charge in [-0.1, -0.05) is 18.2 Å². The highest BCUT2D eigenvalue weighted by molar-refractivity contribution is 5.87. The number of para-hydroxylation sites is 1. The third-order valence-corrected chi connectivity index (χ3v) is 2.73. The minimum absolute atomic E-state index is 0.0512. The standard InChI is InChI=1S/C13H17N3O5/c1-2-21-8-12(17)15-10(13(14)18)7-9-5-3-4-6-11(9)16(19)20/h3-6,10H,2,7-8H2,1H3,(H2,14,18)(H,15,17)/t10-/m1/s1. The number of nitrogens with two attached hydrogens (primary N) is 1. The second-order valence-electron chi connectivity index (χ2n) is 4.25. The van der Waals surface area contributed by atoms with Gasteiger partial charge in [0.1, 0.15) is 12.6 Å². The van der Waals surface area contributed by atoms with Crippen molar-refractivity contribution in [2.75, 3.05) is 13.2 Å². The number of amides is 2. The summed E-state index contributed by atoms with van der Waals surface area (Å²) in [6, 6.07) is 4.95. The van der Waals surface area contributed by atoms with Crippen LogP contribution in [0, 0.1) is 10.1 Å². The molecule has 0 aliphatic rings. The van der Waals surface area contributed by atoms with Crippen molar-refractivity contribution >= 4 is 17.5 Å². The number of nitro benzene ring substituents is 1. The number of rotatable bonds is 8. The molecule has 8 heteroatoms. The SMILES string of the molecule is CCOCC(=O)N[C@H](Cc1ccccc1[N+](=O)[O-])C(N)=O. The van der Waals surface area contributed by atoms with Crippen LogP contribution in [-0.2, 0) is 20.7 Å². The molecule has 0 fully saturated rings. The molecule has 2 amide bonds. The molecule has 3 N–H and O–H groups in total. The van der Waals surface area contributed by atoms with Crippen LogP contribution in [-0.4, -0.2) is 36.0 Å². The van der Waals surface area contributed by atoms with Crippen LogP contribution in [0.5, 0.6) is 0 Å². The average Bonchev–Trinajstić information content (AvgIpc) is 2.44. The van der Waals surface area contributed by atoms with E-state index in [1.165, 1.54) is 18.2 Å². The summed E-state index contributed by atoms with van der Waals surface area (Å²) in [6.45, 7) is 1.89. The van der Waals surface area contributed by atoms with Crippen molar-refractivity contribution in [1.29, 1.82) is 0 Å². The van der Waals surface area contributed by atoms with Crippen molar-refractivity contribution in [2.45, 2.75) is 19.4 Å². The highest BCUT2D eigenvalue weighted by atomic mass is 16.6.